The van der Waals surface area contributed by atoms with E-state index in [1.807, 2.05) is 30.3 Å². The summed E-state index contributed by atoms with van der Waals surface area (Å²) in [5.74, 6) is 0.457. The summed E-state index contributed by atoms with van der Waals surface area (Å²) in [5.41, 5.74) is 0.976. The first-order valence-corrected chi connectivity index (χ1v) is 8.35. The van der Waals surface area contributed by atoms with Crippen LogP contribution in [0.3, 0.4) is 0 Å². The summed E-state index contributed by atoms with van der Waals surface area (Å²) in [5, 5.41) is 3.44. The van der Waals surface area contributed by atoms with Gasteiger partial charge in [0.2, 0.25) is 5.01 Å². The van der Waals surface area contributed by atoms with Crippen LogP contribution in [-0.4, -0.2) is 33.5 Å². The minimum atomic E-state index is -0.148. The van der Waals surface area contributed by atoms with Gasteiger partial charge in [0, 0.05) is 5.56 Å². The Morgan fingerprint density at radius 1 is 1.32 bits per heavy atom. The molecule has 0 bridgehead atoms. The van der Waals surface area contributed by atoms with Crippen LogP contribution in [-0.2, 0) is 4.74 Å². The van der Waals surface area contributed by atoms with Crippen LogP contribution in [0.15, 0.2) is 30.3 Å². The van der Waals surface area contributed by atoms with Gasteiger partial charge in [-0.25, -0.2) is 4.98 Å². The smallest absolute Gasteiger partial charge is 0.282 e. The first-order chi connectivity index (χ1) is 10.7. The lowest BCUT2D eigenvalue weighted by Gasteiger charge is -2.37. The molecule has 1 N–H and O–H groups in total. The third kappa shape index (κ3) is 2.53. The average Bonchev–Trinajstić information content (AvgIpc) is 3.15. The van der Waals surface area contributed by atoms with Crippen LogP contribution in [0.1, 0.15) is 35.5 Å². The largest absolute Gasteiger partial charge is 0.373 e. The van der Waals surface area contributed by atoms with Crippen LogP contribution in [0.2, 0.25) is 0 Å². The lowest BCUT2D eigenvalue weighted by Crippen LogP contribution is -2.39. The van der Waals surface area contributed by atoms with Gasteiger partial charge in [-0.2, -0.15) is 4.37 Å². The van der Waals surface area contributed by atoms with Crippen LogP contribution >= 0.6 is 11.5 Å². The van der Waals surface area contributed by atoms with Gasteiger partial charge in [0.15, 0.2) is 5.82 Å². The lowest BCUT2D eigenvalue weighted by molar-refractivity contribution is -0.0563. The van der Waals surface area contributed by atoms with Gasteiger partial charge in [0.1, 0.15) is 0 Å². The fourth-order valence-corrected chi connectivity index (χ4v) is 3.71. The molecule has 1 spiro atoms. The van der Waals surface area contributed by atoms with E-state index in [0.29, 0.717) is 17.4 Å². The number of carbonyl (C=O) groups excluding carboxylic acids is 1. The molecule has 114 valence electrons. The van der Waals surface area contributed by atoms with E-state index in [9.17, 15) is 4.79 Å². The lowest BCUT2D eigenvalue weighted by atomic mass is 9.77. The number of amides is 1. The molecule has 22 heavy (non-hydrogen) atoms. The summed E-state index contributed by atoms with van der Waals surface area (Å²) in [6.07, 6.45) is 4.40. The first kappa shape index (κ1) is 13.8. The molecule has 2 aromatic rings. The maximum Gasteiger partial charge on any atom is 0.282 e. The Morgan fingerprint density at radius 2 is 2.14 bits per heavy atom. The number of aromatic nitrogens is 2. The van der Waals surface area contributed by atoms with E-state index in [-0.39, 0.29) is 17.6 Å². The van der Waals surface area contributed by atoms with Crippen molar-refractivity contribution in [1.29, 1.82) is 0 Å². The Morgan fingerprint density at radius 3 is 2.82 bits per heavy atom. The van der Waals surface area contributed by atoms with E-state index in [1.165, 1.54) is 6.42 Å². The van der Waals surface area contributed by atoms with Crippen LogP contribution in [0.4, 0.5) is 0 Å². The van der Waals surface area contributed by atoms with Gasteiger partial charge in [-0.1, -0.05) is 30.3 Å². The molecule has 1 amide bonds. The van der Waals surface area contributed by atoms with Crippen molar-refractivity contribution in [2.24, 2.45) is 0 Å². The summed E-state index contributed by atoms with van der Waals surface area (Å²) < 4.78 is 10.1. The molecule has 2 heterocycles. The van der Waals surface area contributed by atoms with Crippen LogP contribution < -0.4 is 5.32 Å². The molecule has 6 heteroatoms. The zero-order valence-electron chi connectivity index (χ0n) is 12.1. The third-order valence-corrected chi connectivity index (χ3v) is 5.18. The van der Waals surface area contributed by atoms with Crippen molar-refractivity contribution in [1.82, 2.24) is 14.7 Å². The monoisotopic (exact) mass is 315 g/mol. The van der Waals surface area contributed by atoms with Crippen molar-refractivity contribution in [2.45, 2.75) is 37.3 Å². The molecule has 1 saturated heterocycles. The number of carbonyl (C=O) groups is 1. The molecular formula is C16H17N3O2S. The van der Waals surface area contributed by atoms with Gasteiger partial charge < -0.3 is 10.1 Å². The first-order valence-electron chi connectivity index (χ1n) is 7.58. The SMILES string of the molecule is O=C(NC1COC2(CCC2)C1)c1nc(-c2ccccc2)ns1. The quantitative estimate of drug-likeness (QED) is 0.946. The maximum absolute atomic E-state index is 12.3. The summed E-state index contributed by atoms with van der Waals surface area (Å²) in [4.78, 5) is 16.7. The number of nitrogens with zero attached hydrogens (tertiary/aromatic N) is 2. The molecular weight excluding hydrogens is 298 g/mol. The molecule has 1 aromatic heterocycles. The standard InChI is InChI=1S/C16H17N3O2S/c20-14(17-12-9-16(21-10-12)7-4-8-16)15-18-13(19-22-15)11-5-2-1-3-6-11/h1-3,5-6,12H,4,7-10H2,(H,17,20). The molecule has 5 nitrogen and oxygen atoms in total. The topological polar surface area (TPSA) is 64.1 Å². The van der Waals surface area contributed by atoms with Gasteiger partial charge in [-0.15, -0.1) is 0 Å². The van der Waals surface area contributed by atoms with Crippen molar-refractivity contribution < 1.29 is 9.53 Å². The second-order valence-corrected chi connectivity index (χ2v) is 6.76. The van der Waals surface area contributed by atoms with E-state index < -0.39 is 0 Å². The summed E-state index contributed by atoms with van der Waals surface area (Å²) >= 11 is 1.14. The van der Waals surface area contributed by atoms with Gasteiger partial charge in [0.05, 0.1) is 18.2 Å². The van der Waals surface area contributed by atoms with Crippen LogP contribution in [0, 0.1) is 0 Å². The minimum absolute atomic E-state index is 0.0499. The van der Waals surface area contributed by atoms with Crippen molar-refractivity contribution in [3.05, 3.63) is 35.3 Å². The summed E-state index contributed by atoms with van der Waals surface area (Å²) in [6, 6.07) is 9.79. The highest BCUT2D eigenvalue weighted by molar-refractivity contribution is 7.07. The molecule has 1 unspecified atom stereocenters. The minimum Gasteiger partial charge on any atom is -0.373 e. The molecule has 1 aliphatic carbocycles. The zero-order chi connectivity index (χ0) is 15.0. The van der Waals surface area contributed by atoms with E-state index in [2.05, 4.69) is 14.7 Å². The maximum atomic E-state index is 12.3. The van der Waals surface area contributed by atoms with Gasteiger partial charge in [-0.3, -0.25) is 4.79 Å². The molecule has 1 atom stereocenters. The predicted octanol–water partition coefficient (Wildman–Crippen LogP) is 2.65. The Hall–Kier alpha value is -1.79. The van der Waals surface area contributed by atoms with Gasteiger partial charge in [-0.05, 0) is 37.2 Å². The Kier molecular flexibility index (Phi) is 3.43. The van der Waals surface area contributed by atoms with E-state index >= 15 is 0 Å². The fourth-order valence-electron chi connectivity index (χ4n) is 3.12. The van der Waals surface area contributed by atoms with Crippen LogP contribution in [0.25, 0.3) is 11.4 Å². The Bertz CT molecular complexity index is 682. The molecule has 0 radical (unpaired) electrons. The highest BCUT2D eigenvalue weighted by atomic mass is 32.1. The molecule has 1 saturated carbocycles. The van der Waals surface area contributed by atoms with E-state index in [1.54, 1.807) is 0 Å². The average molecular weight is 315 g/mol. The number of rotatable bonds is 3. The molecule has 1 aromatic carbocycles. The van der Waals surface area contributed by atoms with Crippen LogP contribution in [0.5, 0.6) is 0 Å². The molecule has 2 fully saturated rings. The third-order valence-electron chi connectivity index (χ3n) is 4.46. The van der Waals surface area contributed by atoms with Gasteiger partial charge >= 0.3 is 0 Å². The van der Waals surface area contributed by atoms with Gasteiger partial charge in [0.25, 0.3) is 5.91 Å². The normalized spacial score (nSPS) is 22.5. The number of nitrogens with one attached hydrogen (secondary N) is 1. The number of hydrogen-bond acceptors (Lipinski definition) is 5. The van der Waals surface area contributed by atoms with E-state index in [4.69, 9.17) is 4.74 Å². The zero-order valence-corrected chi connectivity index (χ0v) is 12.9. The summed E-state index contributed by atoms with van der Waals surface area (Å²) in [6.45, 7) is 0.607. The van der Waals surface area contributed by atoms with Crippen molar-refractivity contribution >= 4 is 17.4 Å². The number of benzene rings is 1. The van der Waals surface area contributed by atoms with Crippen molar-refractivity contribution in [3.8, 4) is 11.4 Å². The fraction of sp³-hybridized carbons (Fsp3) is 0.438. The van der Waals surface area contributed by atoms with Crippen molar-refractivity contribution in [2.75, 3.05) is 6.61 Å². The van der Waals surface area contributed by atoms with Crippen molar-refractivity contribution in [3.63, 3.8) is 0 Å². The highest BCUT2D eigenvalue weighted by Gasteiger charge is 2.45. The number of hydrogen-bond donors (Lipinski definition) is 1. The molecule has 4 rings (SSSR count). The second kappa shape index (κ2) is 5.44. The van der Waals surface area contributed by atoms with E-state index in [0.717, 1.165) is 36.4 Å². The Labute approximate surface area is 132 Å². The Balaban J connectivity index is 1.42. The highest BCUT2D eigenvalue weighted by Crippen LogP contribution is 2.43. The summed E-state index contributed by atoms with van der Waals surface area (Å²) in [7, 11) is 0. The number of ether oxygens (including phenoxy) is 1. The predicted molar refractivity (Wildman–Crippen MR) is 83.8 cm³/mol. The second-order valence-electron chi connectivity index (χ2n) is 6.01. The molecule has 2 aliphatic rings. The molecule has 1 aliphatic heterocycles.